The molecule has 0 amide bonds. The molecule has 0 bridgehead atoms. The Hall–Kier alpha value is -1.56. The van der Waals surface area contributed by atoms with E-state index in [0.29, 0.717) is 22.8 Å². The van der Waals surface area contributed by atoms with Gasteiger partial charge in [-0.15, -0.1) is 0 Å². The van der Waals surface area contributed by atoms with E-state index in [1.165, 1.54) is 0 Å². The zero-order valence-corrected chi connectivity index (χ0v) is 13.4. The first kappa shape index (κ1) is 15.8. The molecule has 0 aliphatic carbocycles. The molecule has 4 nitrogen and oxygen atoms in total. The van der Waals surface area contributed by atoms with E-state index < -0.39 is 10.0 Å². The standard InChI is InChI=1S/C15H17ClN2O2S/c1-10-6-7-13(8-12(10)9-17)21(19,20)18-15-5-3-4-14(16)11(15)2/h3-8,18H,9,17H2,1-2H3. The van der Waals surface area contributed by atoms with E-state index >= 15 is 0 Å². The van der Waals surface area contributed by atoms with Gasteiger partial charge in [0.2, 0.25) is 0 Å². The van der Waals surface area contributed by atoms with Gasteiger partial charge in [-0.05, 0) is 54.8 Å². The summed E-state index contributed by atoms with van der Waals surface area (Å²) in [6.45, 7) is 3.96. The van der Waals surface area contributed by atoms with Crippen molar-refractivity contribution in [1.29, 1.82) is 0 Å². The lowest BCUT2D eigenvalue weighted by molar-refractivity contribution is 0.601. The molecule has 0 aliphatic heterocycles. The molecule has 0 atom stereocenters. The van der Waals surface area contributed by atoms with Crippen molar-refractivity contribution in [2.24, 2.45) is 5.73 Å². The number of hydrogen-bond donors (Lipinski definition) is 2. The number of nitrogens with one attached hydrogen (secondary N) is 1. The summed E-state index contributed by atoms with van der Waals surface area (Å²) in [5.74, 6) is 0. The number of benzene rings is 2. The van der Waals surface area contributed by atoms with Gasteiger partial charge < -0.3 is 5.73 Å². The zero-order chi connectivity index (χ0) is 15.6. The lowest BCUT2D eigenvalue weighted by atomic mass is 10.1. The highest BCUT2D eigenvalue weighted by molar-refractivity contribution is 7.92. The third kappa shape index (κ3) is 3.37. The van der Waals surface area contributed by atoms with Crippen LogP contribution in [0, 0.1) is 13.8 Å². The van der Waals surface area contributed by atoms with Crippen LogP contribution in [-0.2, 0) is 16.6 Å². The number of anilines is 1. The molecule has 6 heteroatoms. The highest BCUT2D eigenvalue weighted by atomic mass is 35.5. The van der Waals surface area contributed by atoms with Crippen molar-refractivity contribution < 1.29 is 8.42 Å². The van der Waals surface area contributed by atoms with Gasteiger partial charge in [-0.25, -0.2) is 8.42 Å². The van der Waals surface area contributed by atoms with Crippen molar-refractivity contribution in [2.45, 2.75) is 25.3 Å². The summed E-state index contributed by atoms with van der Waals surface area (Å²) in [5.41, 5.74) is 8.56. The lowest BCUT2D eigenvalue weighted by Gasteiger charge is -2.13. The van der Waals surface area contributed by atoms with Gasteiger partial charge in [0.05, 0.1) is 10.6 Å². The van der Waals surface area contributed by atoms with Gasteiger partial charge in [0.1, 0.15) is 0 Å². The van der Waals surface area contributed by atoms with Crippen LogP contribution in [0.1, 0.15) is 16.7 Å². The molecule has 0 radical (unpaired) electrons. The number of nitrogens with two attached hydrogens (primary N) is 1. The molecule has 2 aromatic carbocycles. The highest BCUT2D eigenvalue weighted by Gasteiger charge is 2.16. The monoisotopic (exact) mass is 324 g/mol. The van der Waals surface area contributed by atoms with Crippen LogP contribution in [0.2, 0.25) is 5.02 Å². The quantitative estimate of drug-likeness (QED) is 0.907. The van der Waals surface area contributed by atoms with E-state index in [4.69, 9.17) is 17.3 Å². The van der Waals surface area contributed by atoms with Crippen LogP contribution in [0.15, 0.2) is 41.3 Å². The zero-order valence-electron chi connectivity index (χ0n) is 11.9. The fourth-order valence-corrected chi connectivity index (χ4v) is 3.30. The van der Waals surface area contributed by atoms with Gasteiger partial charge in [0, 0.05) is 11.6 Å². The largest absolute Gasteiger partial charge is 0.326 e. The first-order valence-electron chi connectivity index (χ1n) is 6.42. The molecule has 3 N–H and O–H groups in total. The summed E-state index contributed by atoms with van der Waals surface area (Å²) < 4.78 is 27.5. The molecule has 0 saturated heterocycles. The summed E-state index contributed by atoms with van der Waals surface area (Å²) >= 11 is 6.01. The van der Waals surface area contributed by atoms with E-state index in [0.717, 1.165) is 11.1 Å². The van der Waals surface area contributed by atoms with Crippen LogP contribution < -0.4 is 10.5 Å². The maximum Gasteiger partial charge on any atom is 0.261 e. The van der Waals surface area contributed by atoms with Gasteiger partial charge >= 0.3 is 0 Å². The Labute approximate surface area is 130 Å². The van der Waals surface area contributed by atoms with Crippen LogP contribution in [-0.4, -0.2) is 8.42 Å². The summed E-state index contributed by atoms with van der Waals surface area (Å²) in [6.07, 6.45) is 0. The fourth-order valence-electron chi connectivity index (χ4n) is 1.96. The number of rotatable bonds is 4. The highest BCUT2D eigenvalue weighted by Crippen LogP contribution is 2.26. The summed E-state index contributed by atoms with van der Waals surface area (Å²) in [4.78, 5) is 0.188. The molecule has 0 saturated carbocycles. The summed E-state index contributed by atoms with van der Waals surface area (Å²) in [5, 5.41) is 0.516. The third-order valence-electron chi connectivity index (χ3n) is 3.36. The van der Waals surface area contributed by atoms with Crippen molar-refractivity contribution in [3.63, 3.8) is 0 Å². The second-order valence-corrected chi connectivity index (χ2v) is 6.90. The second kappa shape index (κ2) is 6.05. The summed E-state index contributed by atoms with van der Waals surface area (Å²) in [6, 6.07) is 10.0. The Balaban J connectivity index is 2.41. The maximum atomic E-state index is 12.4. The van der Waals surface area contributed by atoms with Crippen molar-refractivity contribution in [3.05, 3.63) is 58.1 Å². The van der Waals surface area contributed by atoms with Crippen molar-refractivity contribution >= 4 is 27.3 Å². The predicted molar refractivity (Wildman–Crippen MR) is 86.1 cm³/mol. The maximum absolute atomic E-state index is 12.4. The van der Waals surface area contributed by atoms with Crippen LogP contribution in [0.25, 0.3) is 0 Å². The van der Waals surface area contributed by atoms with Crippen LogP contribution in [0.4, 0.5) is 5.69 Å². The average Bonchev–Trinajstić information content (AvgIpc) is 2.44. The number of sulfonamides is 1. The lowest BCUT2D eigenvalue weighted by Crippen LogP contribution is -2.14. The van der Waals surface area contributed by atoms with E-state index in [1.807, 2.05) is 6.92 Å². The third-order valence-corrected chi connectivity index (χ3v) is 5.14. The topological polar surface area (TPSA) is 72.2 Å². The molecular formula is C15H17ClN2O2S. The molecule has 0 unspecified atom stereocenters. The van der Waals surface area contributed by atoms with Crippen molar-refractivity contribution in [2.75, 3.05) is 4.72 Å². The van der Waals surface area contributed by atoms with Gasteiger partial charge in [0.25, 0.3) is 10.0 Å². The molecule has 112 valence electrons. The number of aryl methyl sites for hydroxylation is 1. The molecule has 2 aromatic rings. The molecule has 0 aliphatic rings. The Morgan fingerprint density at radius 3 is 2.57 bits per heavy atom. The average molecular weight is 325 g/mol. The Morgan fingerprint density at radius 1 is 1.19 bits per heavy atom. The Bertz CT molecular complexity index is 773. The smallest absolute Gasteiger partial charge is 0.261 e. The molecule has 0 heterocycles. The first-order valence-corrected chi connectivity index (χ1v) is 8.29. The molecule has 0 spiro atoms. The normalized spacial score (nSPS) is 11.4. The fraction of sp³-hybridized carbons (Fsp3) is 0.200. The molecule has 2 rings (SSSR count). The van der Waals surface area contributed by atoms with E-state index in [1.54, 1.807) is 43.3 Å². The number of hydrogen-bond acceptors (Lipinski definition) is 3. The predicted octanol–water partition coefficient (Wildman–Crippen LogP) is 3.22. The van der Waals surface area contributed by atoms with E-state index in [-0.39, 0.29) is 4.90 Å². The van der Waals surface area contributed by atoms with Crippen LogP contribution >= 0.6 is 11.6 Å². The minimum Gasteiger partial charge on any atom is -0.326 e. The van der Waals surface area contributed by atoms with Crippen molar-refractivity contribution in [3.8, 4) is 0 Å². The molecule has 21 heavy (non-hydrogen) atoms. The number of halogens is 1. The van der Waals surface area contributed by atoms with Gasteiger partial charge in [-0.3, -0.25) is 4.72 Å². The molecule has 0 aromatic heterocycles. The minimum atomic E-state index is -3.67. The van der Waals surface area contributed by atoms with Gasteiger partial charge in [-0.2, -0.15) is 0 Å². The van der Waals surface area contributed by atoms with Gasteiger partial charge in [0.15, 0.2) is 0 Å². The first-order chi connectivity index (χ1) is 9.85. The summed E-state index contributed by atoms with van der Waals surface area (Å²) in [7, 11) is -3.67. The van der Waals surface area contributed by atoms with Crippen LogP contribution in [0.3, 0.4) is 0 Å². The SMILES string of the molecule is Cc1ccc(S(=O)(=O)Nc2cccc(Cl)c2C)cc1CN. The van der Waals surface area contributed by atoms with Crippen molar-refractivity contribution in [1.82, 2.24) is 0 Å². The Kier molecular flexibility index (Phi) is 4.56. The van der Waals surface area contributed by atoms with Crippen LogP contribution in [0.5, 0.6) is 0 Å². The van der Waals surface area contributed by atoms with E-state index in [2.05, 4.69) is 4.72 Å². The van der Waals surface area contributed by atoms with Gasteiger partial charge in [-0.1, -0.05) is 23.7 Å². The Morgan fingerprint density at radius 2 is 1.90 bits per heavy atom. The molecule has 0 fully saturated rings. The molecular weight excluding hydrogens is 308 g/mol. The van der Waals surface area contributed by atoms with E-state index in [9.17, 15) is 8.42 Å². The minimum absolute atomic E-state index is 0.188. The second-order valence-electron chi connectivity index (χ2n) is 4.81.